The Balaban J connectivity index is 2.57. The van der Waals surface area contributed by atoms with E-state index in [1.165, 1.54) is 0 Å². The van der Waals surface area contributed by atoms with E-state index < -0.39 is 10.0 Å². The molecule has 104 valence electrons. The maximum Gasteiger partial charge on any atom is 0.250 e. The molecule has 4 nitrogen and oxygen atoms in total. The first kappa shape index (κ1) is 16.0. The molecule has 0 aliphatic rings. The predicted octanol–water partition coefficient (Wildman–Crippen LogP) is 1.97. The number of nitrogens with one attached hydrogen (secondary N) is 1. The van der Waals surface area contributed by atoms with Gasteiger partial charge in [0.05, 0.1) is 6.61 Å². The third-order valence-electron chi connectivity index (χ3n) is 2.37. The molecule has 0 fully saturated rings. The molecule has 1 aromatic heterocycles. The summed E-state index contributed by atoms with van der Waals surface area (Å²) in [7, 11) is -3.41. The summed E-state index contributed by atoms with van der Waals surface area (Å²) >= 11 is 2.93. The maximum atomic E-state index is 12.0. The van der Waals surface area contributed by atoms with Gasteiger partial charge < -0.3 is 5.11 Å². The highest BCUT2D eigenvalue weighted by Crippen LogP contribution is 2.25. The first-order valence-corrected chi connectivity index (χ1v) is 9.24. The lowest BCUT2D eigenvalue weighted by molar-refractivity contribution is 0.285. The second-order valence-electron chi connectivity index (χ2n) is 3.78. The zero-order valence-corrected chi connectivity index (χ0v) is 13.1. The average Bonchev–Trinajstić information content (AvgIpc) is 2.71. The monoisotopic (exact) mass is 309 g/mol. The summed E-state index contributed by atoms with van der Waals surface area (Å²) in [5.41, 5.74) is 0.824. The molecule has 0 aromatic carbocycles. The molecule has 1 heterocycles. The number of aliphatic hydroxyl groups is 1. The molecular weight excluding hydrogens is 290 g/mol. The van der Waals surface area contributed by atoms with Crippen molar-refractivity contribution in [3.63, 3.8) is 0 Å². The van der Waals surface area contributed by atoms with Crippen molar-refractivity contribution in [2.24, 2.45) is 0 Å². The molecule has 0 spiro atoms. The van der Waals surface area contributed by atoms with Gasteiger partial charge in [0.1, 0.15) is 4.21 Å². The van der Waals surface area contributed by atoms with Gasteiger partial charge in [0, 0.05) is 11.4 Å². The fourth-order valence-electron chi connectivity index (χ4n) is 1.37. The van der Waals surface area contributed by atoms with Gasteiger partial charge in [-0.3, -0.25) is 0 Å². The highest BCUT2D eigenvalue weighted by molar-refractivity contribution is 7.99. The first-order valence-electron chi connectivity index (χ1n) is 5.78. The van der Waals surface area contributed by atoms with Gasteiger partial charge in [-0.25, -0.2) is 13.1 Å². The standard InChI is InChI=1S/C11H19NO3S3/c1-3-16-6-4-5-12-18(14,15)11-7-9(2)10(8-13)17-11/h7,12-13H,3-6,8H2,1-2H3. The molecule has 0 atom stereocenters. The second kappa shape index (κ2) is 7.49. The Bertz CT molecular complexity index is 468. The maximum absolute atomic E-state index is 12.0. The van der Waals surface area contributed by atoms with E-state index in [-0.39, 0.29) is 10.8 Å². The minimum Gasteiger partial charge on any atom is -0.391 e. The van der Waals surface area contributed by atoms with Crippen LogP contribution in [-0.4, -0.2) is 31.6 Å². The molecule has 1 aromatic rings. The van der Waals surface area contributed by atoms with Crippen LogP contribution >= 0.6 is 23.1 Å². The van der Waals surface area contributed by atoms with Gasteiger partial charge >= 0.3 is 0 Å². The van der Waals surface area contributed by atoms with Gasteiger partial charge in [0.15, 0.2) is 0 Å². The van der Waals surface area contributed by atoms with Gasteiger partial charge in [0.25, 0.3) is 0 Å². The Morgan fingerprint density at radius 1 is 1.50 bits per heavy atom. The van der Waals surface area contributed by atoms with E-state index in [4.69, 9.17) is 5.11 Å². The highest BCUT2D eigenvalue weighted by Gasteiger charge is 2.17. The summed E-state index contributed by atoms with van der Waals surface area (Å²) in [6.07, 6.45) is 0.828. The van der Waals surface area contributed by atoms with Gasteiger partial charge in [-0.1, -0.05) is 6.92 Å². The first-order chi connectivity index (χ1) is 8.51. The number of sulfonamides is 1. The van der Waals surface area contributed by atoms with Crippen molar-refractivity contribution in [1.82, 2.24) is 4.72 Å². The van der Waals surface area contributed by atoms with Crippen LogP contribution in [-0.2, 0) is 16.6 Å². The third kappa shape index (κ3) is 4.55. The lowest BCUT2D eigenvalue weighted by Crippen LogP contribution is -2.24. The van der Waals surface area contributed by atoms with Crippen LogP contribution in [0.25, 0.3) is 0 Å². The van der Waals surface area contributed by atoms with Crippen LogP contribution in [0.3, 0.4) is 0 Å². The van der Waals surface area contributed by atoms with E-state index in [9.17, 15) is 8.42 Å². The van der Waals surface area contributed by atoms with Crippen molar-refractivity contribution in [1.29, 1.82) is 0 Å². The summed E-state index contributed by atoms with van der Waals surface area (Å²) in [5.74, 6) is 2.01. The largest absolute Gasteiger partial charge is 0.391 e. The summed E-state index contributed by atoms with van der Waals surface area (Å²) in [6, 6.07) is 1.61. The van der Waals surface area contributed by atoms with Crippen LogP contribution in [0.2, 0.25) is 0 Å². The van der Waals surface area contributed by atoms with Crippen LogP contribution in [0.5, 0.6) is 0 Å². The molecule has 18 heavy (non-hydrogen) atoms. The summed E-state index contributed by atoms with van der Waals surface area (Å²) in [4.78, 5) is 0.705. The average molecular weight is 309 g/mol. The van der Waals surface area contributed by atoms with Crippen molar-refractivity contribution < 1.29 is 13.5 Å². The van der Waals surface area contributed by atoms with E-state index >= 15 is 0 Å². The lowest BCUT2D eigenvalue weighted by atomic mass is 10.3. The van der Waals surface area contributed by atoms with Crippen molar-refractivity contribution >= 4 is 33.1 Å². The second-order valence-corrected chi connectivity index (χ2v) is 8.30. The lowest BCUT2D eigenvalue weighted by Gasteiger charge is -2.03. The fourth-order valence-corrected chi connectivity index (χ4v) is 4.58. The molecule has 0 amide bonds. The molecule has 0 bridgehead atoms. The van der Waals surface area contributed by atoms with E-state index in [1.54, 1.807) is 24.8 Å². The SMILES string of the molecule is CCSCCCNS(=O)(=O)c1cc(C)c(CO)s1. The number of hydrogen-bond acceptors (Lipinski definition) is 5. The van der Waals surface area contributed by atoms with Crippen molar-refractivity contribution in [2.75, 3.05) is 18.1 Å². The van der Waals surface area contributed by atoms with Crippen molar-refractivity contribution in [3.8, 4) is 0 Å². The molecule has 0 saturated heterocycles. The molecule has 1 rings (SSSR count). The topological polar surface area (TPSA) is 66.4 Å². The van der Waals surface area contributed by atoms with Crippen LogP contribution < -0.4 is 4.72 Å². The van der Waals surface area contributed by atoms with E-state index in [0.717, 1.165) is 34.8 Å². The number of hydrogen-bond donors (Lipinski definition) is 2. The van der Waals surface area contributed by atoms with Gasteiger partial charge in [0.2, 0.25) is 10.0 Å². The van der Waals surface area contributed by atoms with E-state index in [2.05, 4.69) is 11.6 Å². The summed E-state index contributed by atoms with van der Waals surface area (Å²) < 4.78 is 26.8. The Hall–Kier alpha value is -0.0800. The molecule has 0 saturated carbocycles. The Labute approximate surface area is 117 Å². The van der Waals surface area contributed by atoms with Crippen molar-refractivity contribution in [3.05, 3.63) is 16.5 Å². The number of aryl methyl sites for hydroxylation is 1. The zero-order chi connectivity index (χ0) is 13.6. The molecule has 0 unspecified atom stereocenters. The molecular formula is C11H19NO3S3. The van der Waals surface area contributed by atoms with Crippen LogP contribution in [0.15, 0.2) is 10.3 Å². The van der Waals surface area contributed by atoms with Gasteiger partial charge in [-0.05, 0) is 36.5 Å². The third-order valence-corrected chi connectivity index (χ3v) is 6.51. The molecule has 0 aliphatic carbocycles. The predicted molar refractivity (Wildman–Crippen MR) is 77.8 cm³/mol. The normalized spacial score (nSPS) is 11.9. The van der Waals surface area contributed by atoms with Gasteiger partial charge in [-0.2, -0.15) is 11.8 Å². The number of rotatable bonds is 8. The molecule has 0 aliphatic heterocycles. The Morgan fingerprint density at radius 2 is 2.22 bits per heavy atom. The summed E-state index contributed by atoms with van der Waals surface area (Å²) in [6.45, 7) is 4.23. The molecule has 7 heteroatoms. The quantitative estimate of drug-likeness (QED) is 0.721. The van der Waals surface area contributed by atoms with Crippen LogP contribution in [0, 0.1) is 6.92 Å². The Morgan fingerprint density at radius 3 is 2.78 bits per heavy atom. The van der Waals surface area contributed by atoms with Gasteiger partial charge in [-0.15, -0.1) is 11.3 Å². The minimum absolute atomic E-state index is 0.112. The highest BCUT2D eigenvalue weighted by atomic mass is 32.2. The minimum atomic E-state index is -3.41. The smallest absolute Gasteiger partial charge is 0.250 e. The van der Waals surface area contributed by atoms with Crippen LogP contribution in [0.4, 0.5) is 0 Å². The molecule has 0 radical (unpaired) electrons. The summed E-state index contributed by atoms with van der Waals surface area (Å²) in [5, 5.41) is 9.06. The zero-order valence-electron chi connectivity index (χ0n) is 10.6. The van der Waals surface area contributed by atoms with Crippen molar-refractivity contribution in [2.45, 2.75) is 31.1 Å². The number of thiophene rings is 1. The number of aliphatic hydroxyl groups excluding tert-OH is 1. The van der Waals surface area contributed by atoms with E-state index in [0.29, 0.717) is 11.4 Å². The molecule has 2 N–H and O–H groups in total. The van der Waals surface area contributed by atoms with Crippen LogP contribution in [0.1, 0.15) is 23.8 Å². The fraction of sp³-hybridized carbons (Fsp3) is 0.636. The van der Waals surface area contributed by atoms with E-state index in [1.807, 2.05) is 0 Å². The Kier molecular flexibility index (Phi) is 6.65. The number of thioether (sulfide) groups is 1.